The number of aryl methyl sites for hydroxylation is 1. The number of nitrogens with zero attached hydrogens (tertiary/aromatic N) is 3. The van der Waals surface area contributed by atoms with Crippen molar-refractivity contribution in [3.8, 4) is 0 Å². The molecule has 0 spiro atoms. The maximum absolute atomic E-state index is 12.2. The number of piperazine rings is 1. The van der Waals surface area contributed by atoms with Crippen molar-refractivity contribution in [1.82, 2.24) is 9.88 Å². The first-order valence-corrected chi connectivity index (χ1v) is 7.94. The SMILES string of the molecule is Cc1cccc(C(=O)Nc2ccc(N3CCN(C=O)CC3)nc2)c1. The van der Waals surface area contributed by atoms with Crippen molar-refractivity contribution in [3.63, 3.8) is 0 Å². The molecule has 1 saturated heterocycles. The molecule has 6 nitrogen and oxygen atoms in total. The fraction of sp³-hybridized carbons (Fsp3) is 0.278. The average Bonchev–Trinajstić information content (AvgIpc) is 2.62. The van der Waals surface area contributed by atoms with Crippen molar-refractivity contribution in [2.24, 2.45) is 0 Å². The Morgan fingerprint density at radius 1 is 1.17 bits per heavy atom. The second-order valence-electron chi connectivity index (χ2n) is 5.86. The monoisotopic (exact) mass is 324 g/mol. The van der Waals surface area contributed by atoms with Crippen LogP contribution in [0.1, 0.15) is 15.9 Å². The fourth-order valence-corrected chi connectivity index (χ4v) is 2.69. The van der Waals surface area contributed by atoms with Gasteiger partial charge < -0.3 is 15.1 Å². The maximum Gasteiger partial charge on any atom is 0.255 e. The van der Waals surface area contributed by atoms with E-state index in [4.69, 9.17) is 0 Å². The van der Waals surface area contributed by atoms with Gasteiger partial charge in [-0.1, -0.05) is 17.7 Å². The molecule has 0 aliphatic carbocycles. The van der Waals surface area contributed by atoms with Crippen LogP contribution in [0.15, 0.2) is 42.6 Å². The summed E-state index contributed by atoms with van der Waals surface area (Å²) in [5.41, 5.74) is 2.34. The standard InChI is InChI=1S/C18H20N4O2/c1-14-3-2-4-15(11-14)18(24)20-16-5-6-17(19-12-16)22-9-7-21(13-23)8-10-22/h2-6,11-13H,7-10H2,1H3,(H,20,24). The van der Waals surface area contributed by atoms with Crippen molar-refractivity contribution >= 4 is 23.8 Å². The third kappa shape index (κ3) is 3.71. The number of pyridine rings is 1. The first kappa shape index (κ1) is 16.0. The van der Waals surface area contributed by atoms with E-state index < -0.39 is 0 Å². The summed E-state index contributed by atoms with van der Waals surface area (Å²) in [5, 5.41) is 2.86. The molecule has 1 aliphatic rings. The smallest absolute Gasteiger partial charge is 0.255 e. The third-order valence-electron chi connectivity index (χ3n) is 4.07. The lowest BCUT2D eigenvalue weighted by atomic mass is 10.1. The summed E-state index contributed by atoms with van der Waals surface area (Å²) in [6.45, 7) is 4.90. The van der Waals surface area contributed by atoms with E-state index >= 15 is 0 Å². The van der Waals surface area contributed by atoms with Gasteiger partial charge in [-0.25, -0.2) is 4.98 Å². The molecule has 1 fully saturated rings. The Morgan fingerprint density at radius 3 is 2.58 bits per heavy atom. The Kier molecular flexibility index (Phi) is 4.74. The highest BCUT2D eigenvalue weighted by molar-refractivity contribution is 6.04. The molecule has 1 aromatic heterocycles. The summed E-state index contributed by atoms with van der Waals surface area (Å²) in [6.07, 6.45) is 2.55. The molecular formula is C18H20N4O2. The van der Waals surface area contributed by atoms with Gasteiger partial charge in [-0.15, -0.1) is 0 Å². The van der Waals surface area contributed by atoms with E-state index in [0.29, 0.717) is 24.3 Å². The number of carbonyl (C=O) groups excluding carboxylic acids is 2. The molecule has 0 bridgehead atoms. The maximum atomic E-state index is 12.2. The third-order valence-corrected chi connectivity index (χ3v) is 4.07. The van der Waals surface area contributed by atoms with Crippen LogP contribution in [0.2, 0.25) is 0 Å². The minimum Gasteiger partial charge on any atom is -0.353 e. The Morgan fingerprint density at radius 2 is 1.96 bits per heavy atom. The predicted molar refractivity (Wildman–Crippen MR) is 93.2 cm³/mol. The number of carbonyl (C=O) groups is 2. The number of benzene rings is 1. The molecule has 2 heterocycles. The van der Waals surface area contributed by atoms with Crippen LogP contribution in [0.5, 0.6) is 0 Å². The van der Waals surface area contributed by atoms with Gasteiger partial charge in [-0.05, 0) is 31.2 Å². The number of amides is 2. The van der Waals surface area contributed by atoms with E-state index in [2.05, 4.69) is 15.2 Å². The molecular weight excluding hydrogens is 304 g/mol. The molecule has 124 valence electrons. The molecule has 0 saturated carbocycles. The number of hydrogen-bond acceptors (Lipinski definition) is 4. The van der Waals surface area contributed by atoms with Gasteiger partial charge in [0.1, 0.15) is 5.82 Å². The van der Waals surface area contributed by atoms with E-state index in [-0.39, 0.29) is 5.91 Å². The van der Waals surface area contributed by atoms with Gasteiger partial charge in [0.05, 0.1) is 11.9 Å². The average molecular weight is 324 g/mol. The van der Waals surface area contributed by atoms with Gasteiger partial charge in [-0.3, -0.25) is 9.59 Å². The number of hydrogen-bond donors (Lipinski definition) is 1. The zero-order valence-electron chi connectivity index (χ0n) is 13.6. The second-order valence-corrected chi connectivity index (χ2v) is 5.86. The molecule has 6 heteroatoms. The van der Waals surface area contributed by atoms with E-state index in [1.165, 1.54) is 0 Å². The van der Waals surface area contributed by atoms with Crippen LogP contribution >= 0.6 is 0 Å². The second kappa shape index (κ2) is 7.12. The van der Waals surface area contributed by atoms with Crippen molar-refractivity contribution in [1.29, 1.82) is 0 Å². The van der Waals surface area contributed by atoms with Gasteiger partial charge in [0, 0.05) is 31.7 Å². The number of nitrogens with one attached hydrogen (secondary N) is 1. The highest BCUT2D eigenvalue weighted by Crippen LogP contribution is 2.16. The van der Waals surface area contributed by atoms with E-state index in [9.17, 15) is 9.59 Å². The van der Waals surface area contributed by atoms with Crippen LogP contribution < -0.4 is 10.2 Å². The van der Waals surface area contributed by atoms with Gasteiger partial charge in [0.15, 0.2) is 0 Å². The van der Waals surface area contributed by atoms with Crippen LogP contribution in [0, 0.1) is 6.92 Å². The van der Waals surface area contributed by atoms with Crippen molar-refractivity contribution in [2.75, 3.05) is 36.4 Å². The Balaban J connectivity index is 1.62. The summed E-state index contributed by atoms with van der Waals surface area (Å²) in [6, 6.07) is 11.2. The van der Waals surface area contributed by atoms with Crippen LogP contribution in [-0.2, 0) is 4.79 Å². The number of rotatable bonds is 4. The minimum atomic E-state index is -0.146. The molecule has 1 aliphatic heterocycles. The fourth-order valence-electron chi connectivity index (χ4n) is 2.69. The highest BCUT2D eigenvalue weighted by Gasteiger charge is 2.16. The summed E-state index contributed by atoms with van der Waals surface area (Å²) in [4.78, 5) is 31.3. The van der Waals surface area contributed by atoms with Gasteiger partial charge in [0.25, 0.3) is 5.91 Å². The molecule has 3 rings (SSSR count). The molecule has 0 atom stereocenters. The summed E-state index contributed by atoms with van der Waals surface area (Å²) in [7, 11) is 0. The molecule has 1 N–H and O–H groups in total. The van der Waals surface area contributed by atoms with Crippen molar-refractivity contribution in [3.05, 3.63) is 53.7 Å². The Bertz CT molecular complexity index is 722. The molecule has 2 amide bonds. The van der Waals surface area contributed by atoms with Gasteiger partial charge >= 0.3 is 0 Å². The van der Waals surface area contributed by atoms with Crippen LogP contribution in [0.25, 0.3) is 0 Å². The summed E-state index contributed by atoms with van der Waals surface area (Å²) in [5.74, 6) is 0.710. The Labute approximate surface area is 141 Å². The molecule has 2 aromatic rings. The summed E-state index contributed by atoms with van der Waals surface area (Å²) < 4.78 is 0. The van der Waals surface area contributed by atoms with Crippen LogP contribution in [-0.4, -0.2) is 48.4 Å². The molecule has 0 radical (unpaired) electrons. The zero-order chi connectivity index (χ0) is 16.9. The number of anilines is 2. The normalized spacial score (nSPS) is 14.4. The van der Waals surface area contributed by atoms with E-state index in [1.54, 1.807) is 17.2 Å². The molecule has 0 unspecified atom stereocenters. The first-order valence-electron chi connectivity index (χ1n) is 7.94. The lowest BCUT2D eigenvalue weighted by Crippen LogP contribution is -2.46. The minimum absolute atomic E-state index is 0.146. The zero-order valence-corrected chi connectivity index (χ0v) is 13.6. The topological polar surface area (TPSA) is 65.5 Å². The summed E-state index contributed by atoms with van der Waals surface area (Å²) >= 11 is 0. The highest BCUT2D eigenvalue weighted by atomic mass is 16.1. The van der Waals surface area contributed by atoms with E-state index in [1.807, 2.05) is 37.3 Å². The largest absolute Gasteiger partial charge is 0.353 e. The number of aromatic nitrogens is 1. The van der Waals surface area contributed by atoms with Gasteiger partial charge in [-0.2, -0.15) is 0 Å². The molecule has 1 aromatic carbocycles. The predicted octanol–water partition coefficient (Wildman–Crippen LogP) is 1.92. The lowest BCUT2D eigenvalue weighted by molar-refractivity contribution is -0.118. The van der Waals surface area contributed by atoms with Gasteiger partial charge in [0.2, 0.25) is 6.41 Å². The molecule has 24 heavy (non-hydrogen) atoms. The lowest BCUT2D eigenvalue weighted by Gasteiger charge is -2.33. The van der Waals surface area contributed by atoms with E-state index in [0.717, 1.165) is 30.9 Å². The van der Waals surface area contributed by atoms with Crippen molar-refractivity contribution in [2.45, 2.75) is 6.92 Å². The van der Waals surface area contributed by atoms with Crippen LogP contribution in [0.3, 0.4) is 0 Å². The Hall–Kier alpha value is -2.89. The van der Waals surface area contributed by atoms with Crippen LogP contribution in [0.4, 0.5) is 11.5 Å². The first-order chi connectivity index (χ1) is 11.7. The van der Waals surface area contributed by atoms with Crippen molar-refractivity contribution < 1.29 is 9.59 Å². The quantitative estimate of drug-likeness (QED) is 0.873.